The maximum Gasteiger partial charge on any atom is 0.241 e. The summed E-state index contributed by atoms with van der Waals surface area (Å²) in [6.07, 6.45) is 1.56. The summed E-state index contributed by atoms with van der Waals surface area (Å²) in [5.74, 6) is 0. The summed E-state index contributed by atoms with van der Waals surface area (Å²) in [6.45, 7) is 3.99. The monoisotopic (exact) mass is 385 g/mol. The maximum absolute atomic E-state index is 12.1. The first-order valence-corrected chi connectivity index (χ1v) is 9.39. The molecule has 0 amide bonds. The van der Waals surface area contributed by atoms with E-state index in [9.17, 15) is 8.42 Å². The SMILES string of the molecule is COCCOCCCCNS(=O)(=O)c1cc(Br)sc1C. The predicted molar refractivity (Wildman–Crippen MR) is 83.9 cm³/mol. The van der Waals surface area contributed by atoms with Gasteiger partial charge in [0.15, 0.2) is 0 Å². The first kappa shape index (κ1) is 18.1. The van der Waals surface area contributed by atoms with Gasteiger partial charge in [0.05, 0.1) is 21.9 Å². The Morgan fingerprint density at radius 3 is 2.65 bits per heavy atom. The third-order valence-corrected chi connectivity index (χ3v) is 5.84. The minimum absolute atomic E-state index is 0.353. The number of thiophene rings is 1. The van der Waals surface area contributed by atoms with Gasteiger partial charge in [-0.25, -0.2) is 13.1 Å². The molecule has 20 heavy (non-hydrogen) atoms. The molecule has 1 N–H and O–H groups in total. The van der Waals surface area contributed by atoms with Crippen LogP contribution in [0.4, 0.5) is 0 Å². The number of sulfonamides is 1. The Labute approximate surface area is 132 Å². The molecule has 1 heterocycles. The largest absolute Gasteiger partial charge is 0.382 e. The van der Waals surface area contributed by atoms with Crippen molar-refractivity contribution in [1.29, 1.82) is 0 Å². The van der Waals surface area contributed by atoms with Crippen molar-refractivity contribution in [2.24, 2.45) is 0 Å². The van der Waals surface area contributed by atoms with E-state index in [1.807, 2.05) is 0 Å². The molecule has 0 fully saturated rings. The smallest absolute Gasteiger partial charge is 0.241 e. The van der Waals surface area contributed by atoms with Crippen LogP contribution in [0.25, 0.3) is 0 Å². The summed E-state index contributed by atoms with van der Waals surface area (Å²) in [7, 11) is -1.77. The molecule has 0 spiro atoms. The van der Waals surface area contributed by atoms with Crippen molar-refractivity contribution in [3.63, 3.8) is 0 Å². The molecule has 0 aliphatic carbocycles. The normalized spacial score (nSPS) is 11.9. The third-order valence-electron chi connectivity index (χ3n) is 2.57. The van der Waals surface area contributed by atoms with E-state index in [-0.39, 0.29) is 0 Å². The lowest BCUT2D eigenvalue weighted by Crippen LogP contribution is -2.25. The van der Waals surface area contributed by atoms with Crippen LogP contribution in [0.5, 0.6) is 0 Å². The fourth-order valence-corrected chi connectivity index (χ4v) is 5.04. The third kappa shape index (κ3) is 6.19. The molecular weight excluding hydrogens is 366 g/mol. The molecule has 8 heteroatoms. The highest BCUT2D eigenvalue weighted by Gasteiger charge is 2.18. The van der Waals surface area contributed by atoms with E-state index in [2.05, 4.69) is 20.7 Å². The summed E-state index contributed by atoms with van der Waals surface area (Å²) in [5, 5.41) is 0. The van der Waals surface area contributed by atoms with E-state index < -0.39 is 10.0 Å². The van der Waals surface area contributed by atoms with Gasteiger partial charge in [-0.2, -0.15) is 0 Å². The lowest BCUT2D eigenvalue weighted by molar-refractivity contribution is 0.0689. The van der Waals surface area contributed by atoms with Crippen molar-refractivity contribution in [1.82, 2.24) is 4.72 Å². The molecule has 0 saturated heterocycles. The van der Waals surface area contributed by atoms with Gasteiger partial charge in [-0.1, -0.05) is 0 Å². The van der Waals surface area contributed by atoms with Crippen LogP contribution in [-0.2, 0) is 19.5 Å². The molecule has 0 aliphatic heterocycles. The van der Waals surface area contributed by atoms with Crippen LogP contribution in [0.15, 0.2) is 14.7 Å². The molecule has 0 atom stereocenters. The summed E-state index contributed by atoms with van der Waals surface area (Å²) >= 11 is 4.71. The van der Waals surface area contributed by atoms with Crippen molar-refractivity contribution in [2.45, 2.75) is 24.7 Å². The van der Waals surface area contributed by atoms with E-state index in [1.165, 1.54) is 11.3 Å². The average molecular weight is 386 g/mol. The Bertz CT molecular complexity index is 502. The second-order valence-electron chi connectivity index (χ2n) is 4.18. The molecule has 1 aromatic heterocycles. The van der Waals surface area contributed by atoms with Crippen molar-refractivity contribution in [3.8, 4) is 0 Å². The van der Waals surface area contributed by atoms with E-state index in [0.29, 0.717) is 31.3 Å². The van der Waals surface area contributed by atoms with Crippen molar-refractivity contribution >= 4 is 37.3 Å². The molecule has 116 valence electrons. The Balaban J connectivity index is 2.26. The molecule has 0 radical (unpaired) electrons. The molecule has 0 saturated carbocycles. The van der Waals surface area contributed by atoms with Gasteiger partial charge in [-0.3, -0.25) is 0 Å². The first-order valence-electron chi connectivity index (χ1n) is 6.29. The molecule has 0 aromatic carbocycles. The summed E-state index contributed by atoms with van der Waals surface area (Å²) in [5.41, 5.74) is 0. The van der Waals surface area contributed by atoms with Crippen LogP contribution in [0.2, 0.25) is 0 Å². The lowest BCUT2D eigenvalue weighted by Gasteiger charge is -2.06. The first-order chi connectivity index (χ1) is 9.47. The zero-order valence-electron chi connectivity index (χ0n) is 11.6. The fraction of sp³-hybridized carbons (Fsp3) is 0.667. The minimum Gasteiger partial charge on any atom is -0.382 e. The summed E-state index contributed by atoms with van der Waals surface area (Å²) in [6, 6.07) is 1.64. The van der Waals surface area contributed by atoms with Crippen LogP contribution in [0, 0.1) is 6.92 Å². The van der Waals surface area contributed by atoms with Crippen molar-refractivity contribution < 1.29 is 17.9 Å². The van der Waals surface area contributed by atoms with Crippen LogP contribution in [0.3, 0.4) is 0 Å². The topological polar surface area (TPSA) is 64.6 Å². The van der Waals surface area contributed by atoms with E-state index in [4.69, 9.17) is 9.47 Å². The molecule has 0 bridgehead atoms. The van der Waals surface area contributed by atoms with Gasteiger partial charge in [0, 0.05) is 25.1 Å². The number of rotatable bonds is 10. The molecular formula is C12H20BrNO4S2. The highest BCUT2D eigenvalue weighted by molar-refractivity contribution is 9.11. The number of ether oxygens (including phenoxy) is 2. The lowest BCUT2D eigenvalue weighted by atomic mass is 10.3. The summed E-state index contributed by atoms with van der Waals surface area (Å²) in [4.78, 5) is 1.14. The van der Waals surface area contributed by atoms with Crippen LogP contribution >= 0.6 is 27.3 Å². The van der Waals surface area contributed by atoms with E-state index >= 15 is 0 Å². The number of halogens is 1. The van der Waals surface area contributed by atoms with Gasteiger partial charge in [0.25, 0.3) is 0 Å². The number of hydrogen-bond donors (Lipinski definition) is 1. The molecule has 1 rings (SSSR count). The van der Waals surface area contributed by atoms with Gasteiger partial charge in [-0.05, 0) is 41.8 Å². The highest BCUT2D eigenvalue weighted by atomic mass is 79.9. The Morgan fingerprint density at radius 2 is 2.05 bits per heavy atom. The number of methoxy groups -OCH3 is 1. The summed E-state index contributed by atoms with van der Waals surface area (Å²) < 4.78 is 37.7. The fourth-order valence-electron chi connectivity index (χ4n) is 1.56. The van der Waals surface area contributed by atoms with Gasteiger partial charge < -0.3 is 9.47 Å². The van der Waals surface area contributed by atoms with Crippen molar-refractivity contribution in [2.75, 3.05) is 33.5 Å². The average Bonchev–Trinajstić information content (AvgIpc) is 2.72. The van der Waals surface area contributed by atoms with Gasteiger partial charge in [0.2, 0.25) is 10.0 Å². The quantitative estimate of drug-likeness (QED) is 0.628. The molecule has 5 nitrogen and oxygen atoms in total. The van der Waals surface area contributed by atoms with Crippen LogP contribution in [0.1, 0.15) is 17.7 Å². The number of unbranched alkanes of at least 4 members (excludes halogenated alkanes) is 1. The van der Waals surface area contributed by atoms with E-state index in [0.717, 1.165) is 21.5 Å². The molecule has 0 aliphatic rings. The zero-order chi connectivity index (χ0) is 15.0. The Morgan fingerprint density at radius 1 is 1.30 bits per heavy atom. The van der Waals surface area contributed by atoms with E-state index in [1.54, 1.807) is 20.1 Å². The maximum atomic E-state index is 12.1. The van der Waals surface area contributed by atoms with Crippen LogP contribution in [-0.4, -0.2) is 41.9 Å². The zero-order valence-corrected chi connectivity index (χ0v) is 14.9. The second kappa shape index (κ2) is 9.11. The van der Waals surface area contributed by atoms with Crippen LogP contribution < -0.4 is 4.72 Å². The van der Waals surface area contributed by atoms with Crippen molar-refractivity contribution in [3.05, 3.63) is 14.7 Å². The number of nitrogens with one attached hydrogen (secondary N) is 1. The Hall–Kier alpha value is 0.01000. The Kier molecular flexibility index (Phi) is 8.23. The molecule has 0 unspecified atom stereocenters. The number of aryl methyl sites for hydroxylation is 1. The van der Waals surface area contributed by atoms with Gasteiger partial charge >= 0.3 is 0 Å². The standard InChI is InChI=1S/C12H20BrNO4S2/c1-10-11(9-12(13)19-10)20(15,16)14-5-3-4-6-18-8-7-17-2/h9,14H,3-8H2,1-2H3. The highest BCUT2D eigenvalue weighted by Crippen LogP contribution is 2.29. The number of hydrogen-bond acceptors (Lipinski definition) is 5. The predicted octanol–water partition coefficient (Wildman–Crippen LogP) is 2.54. The minimum atomic E-state index is -3.40. The molecule has 1 aromatic rings. The second-order valence-corrected chi connectivity index (χ2v) is 8.55. The van der Waals surface area contributed by atoms with Gasteiger partial charge in [-0.15, -0.1) is 11.3 Å². The van der Waals surface area contributed by atoms with Gasteiger partial charge in [0.1, 0.15) is 0 Å².